The Morgan fingerprint density at radius 1 is 1.16 bits per heavy atom. The Morgan fingerprint density at radius 3 is 2.34 bits per heavy atom. The second kappa shape index (κ2) is 9.84. The topological polar surface area (TPSA) is 86.5 Å². The smallest absolute Gasteiger partial charge is 0.292 e. The van der Waals surface area contributed by atoms with Crippen molar-refractivity contribution in [3.8, 4) is 11.5 Å². The van der Waals surface area contributed by atoms with Gasteiger partial charge in [0.25, 0.3) is 5.69 Å². The zero-order chi connectivity index (χ0) is 23.4. The van der Waals surface area contributed by atoms with Gasteiger partial charge in [-0.2, -0.15) is 0 Å². The van der Waals surface area contributed by atoms with Gasteiger partial charge in [-0.25, -0.2) is 9.37 Å². The van der Waals surface area contributed by atoms with Gasteiger partial charge in [0.15, 0.2) is 0 Å². The average Bonchev–Trinajstić information content (AvgIpc) is 2.78. The van der Waals surface area contributed by atoms with E-state index in [1.165, 1.54) is 44.7 Å². The Bertz CT molecular complexity index is 1170. The fourth-order valence-corrected chi connectivity index (χ4v) is 3.56. The largest absolute Gasteiger partial charge is 0.495 e. The number of nitrogens with one attached hydrogen (secondary N) is 1. The van der Waals surface area contributed by atoms with Crippen LogP contribution < -0.4 is 14.8 Å². The first-order valence-electron chi connectivity index (χ1n) is 9.21. The maximum absolute atomic E-state index is 15.0. The molecule has 1 N–H and O–H groups in total. The van der Waals surface area contributed by atoms with Crippen molar-refractivity contribution in [2.75, 3.05) is 19.5 Å². The van der Waals surface area contributed by atoms with Crippen LogP contribution in [-0.4, -0.2) is 24.1 Å². The summed E-state index contributed by atoms with van der Waals surface area (Å²) in [6.07, 6.45) is 2.45. The minimum absolute atomic E-state index is 0.0850. The number of hydrogen-bond acceptors (Lipinski definition) is 6. The summed E-state index contributed by atoms with van der Waals surface area (Å²) in [6, 6.07) is 9.22. The van der Waals surface area contributed by atoms with Gasteiger partial charge in [0.1, 0.15) is 28.8 Å². The third-order valence-electron chi connectivity index (χ3n) is 4.62. The van der Waals surface area contributed by atoms with Crippen molar-refractivity contribution in [2.45, 2.75) is 6.92 Å². The Labute approximate surface area is 193 Å². The Kier molecular flexibility index (Phi) is 7.17. The van der Waals surface area contributed by atoms with Gasteiger partial charge in [-0.15, -0.1) is 0 Å². The second-order valence-electron chi connectivity index (χ2n) is 6.60. The van der Waals surface area contributed by atoms with Gasteiger partial charge >= 0.3 is 0 Å². The number of nitro benzene ring substituents is 1. The highest BCUT2D eigenvalue weighted by Gasteiger charge is 2.18. The summed E-state index contributed by atoms with van der Waals surface area (Å²) >= 11 is 12.6. The van der Waals surface area contributed by atoms with E-state index in [9.17, 15) is 14.5 Å². The first-order chi connectivity index (χ1) is 15.3. The van der Waals surface area contributed by atoms with Crippen molar-refractivity contribution in [3.05, 3.63) is 79.4 Å². The molecule has 1 heterocycles. The lowest BCUT2D eigenvalue weighted by Crippen LogP contribution is -2.00. The zero-order valence-electron chi connectivity index (χ0n) is 17.3. The van der Waals surface area contributed by atoms with Gasteiger partial charge in [0.2, 0.25) is 0 Å². The Hall–Kier alpha value is -3.36. The summed E-state index contributed by atoms with van der Waals surface area (Å²) in [5.41, 5.74) is 1.25. The lowest BCUT2D eigenvalue weighted by atomic mass is 10.1. The highest BCUT2D eigenvalue weighted by molar-refractivity contribution is 6.39. The molecule has 0 aliphatic carbocycles. The molecule has 0 amide bonds. The number of aryl methyl sites for hydroxylation is 1. The van der Waals surface area contributed by atoms with Gasteiger partial charge in [-0.05, 0) is 30.7 Å². The fourth-order valence-electron chi connectivity index (χ4n) is 2.95. The van der Waals surface area contributed by atoms with E-state index < -0.39 is 10.8 Å². The number of hydrogen-bond donors (Lipinski definition) is 1. The predicted octanol–water partition coefficient (Wildman–Crippen LogP) is 6.83. The monoisotopic (exact) mass is 477 g/mol. The minimum Gasteiger partial charge on any atom is -0.495 e. The zero-order valence-corrected chi connectivity index (χ0v) is 18.8. The number of pyridine rings is 1. The summed E-state index contributed by atoms with van der Waals surface area (Å²) in [5, 5.41) is 14.5. The molecule has 3 rings (SSSR count). The molecule has 0 spiro atoms. The molecule has 0 aliphatic rings. The molecule has 0 fully saturated rings. The van der Waals surface area contributed by atoms with E-state index in [0.717, 1.165) is 6.08 Å². The van der Waals surface area contributed by atoms with Gasteiger partial charge in [0, 0.05) is 29.5 Å². The molecule has 2 aromatic carbocycles. The van der Waals surface area contributed by atoms with Crippen LogP contribution in [-0.2, 0) is 0 Å². The van der Waals surface area contributed by atoms with E-state index in [4.69, 9.17) is 32.7 Å². The highest BCUT2D eigenvalue weighted by Crippen LogP contribution is 2.42. The molecule has 0 aliphatic heterocycles. The van der Waals surface area contributed by atoms with Crippen molar-refractivity contribution in [1.29, 1.82) is 0 Å². The summed E-state index contributed by atoms with van der Waals surface area (Å²) in [4.78, 5) is 15.0. The second-order valence-corrected chi connectivity index (χ2v) is 7.35. The molecule has 0 saturated heterocycles. The molecule has 0 unspecified atom stereocenters. The SMILES string of the molecule is COc1cc(OC)c(Cl)c(/C=C(\F)c2ccc(Nc3c(C)cccc3[N+](=O)[O-])nc2)c1Cl. The van der Waals surface area contributed by atoms with Crippen molar-refractivity contribution < 1.29 is 18.8 Å². The molecule has 10 heteroatoms. The Morgan fingerprint density at radius 2 is 1.81 bits per heavy atom. The van der Waals surface area contributed by atoms with Gasteiger partial charge in [0.05, 0.1) is 29.2 Å². The summed E-state index contributed by atoms with van der Waals surface area (Å²) in [5.74, 6) is 0.233. The predicted molar refractivity (Wildman–Crippen MR) is 124 cm³/mol. The molecule has 7 nitrogen and oxygen atoms in total. The molecule has 32 heavy (non-hydrogen) atoms. The van der Waals surface area contributed by atoms with Gasteiger partial charge in [-0.1, -0.05) is 35.3 Å². The number of aromatic nitrogens is 1. The molecule has 0 atom stereocenters. The summed E-state index contributed by atoms with van der Waals surface area (Å²) < 4.78 is 25.3. The molecular formula is C22H18Cl2FN3O4. The van der Waals surface area contributed by atoms with Crippen molar-refractivity contribution >= 4 is 52.3 Å². The number of rotatable bonds is 7. The fraction of sp³-hybridized carbons (Fsp3) is 0.136. The number of benzene rings is 2. The number of nitrogens with zero attached hydrogens (tertiary/aromatic N) is 2. The molecular weight excluding hydrogens is 460 g/mol. The van der Waals surface area contributed by atoms with Crippen LogP contribution in [0, 0.1) is 17.0 Å². The number of nitro groups is 1. The van der Waals surface area contributed by atoms with Crippen LogP contribution in [0.25, 0.3) is 11.9 Å². The number of ether oxygens (including phenoxy) is 2. The van der Waals surface area contributed by atoms with E-state index in [0.29, 0.717) is 17.1 Å². The maximum Gasteiger partial charge on any atom is 0.292 e. The maximum atomic E-state index is 15.0. The van der Waals surface area contributed by atoms with Crippen LogP contribution in [0.5, 0.6) is 11.5 Å². The average molecular weight is 478 g/mol. The standard InChI is InChI=1S/C22H18Cl2FN3O4/c1-12-5-4-6-16(28(29)30)22(12)27-19-8-7-13(11-26-19)15(25)9-14-20(23)17(31-2)10-18(32-3)21(14)24/h4-11H,1-3H3,(H,26,27)/b15-9-. The Balaban J connectivity index is 1.93. The third-order valence-corrected chi connectivity index (χ3v) is 5.40. The number of methoxy groups -OCH3 is 2. The summed E-state index contributed by atoms with van der Waals surface area (Å²) in [7, 11) is 2.85. The van der Waals surface area contributed by atoms with E-state index in [-0.39, 0.29) is 38.4 Å². The lowest BCUT2D eigenvalue weighted by Gasteiger charge is -2.12. The van der Waals surface area contributed by atoms with Crippen LogP contribution >= 0.6 is 23.2 Å². The number of halogens is 3. The van der Waals surface area contributed by atoms with Crippen LogP contribution in [0.3, 0.4) is 0 Å². The molecule has 1 aromatic heterocycles. The number of anilines is 2. The lowest BCUT2D eigenvalue weighted by molar-refractivity contribution is -0.384. The van der Waals surface area contributed by atoms with E-state index in [1.54, 1.807) is 19.1 Å². The first kappa shape index (κ1) is 23.3. The minimum atomic E-state index is -0.648. The summed E-state index contributed by atoms with van der Waals surface area (Å²) in [6.45, 7) is 1.74. The quantitative estimate of drug-likeness (QED) is 0.296. The van der Waals surface area contributed by atoms with E-state index >= 15 is 0 Å². The third kappa shape index (κ3) is 4.76. The molecule has 166 valence electrons. The highest BCUT2D eigenvalue weighted by atomic mass is 35.5. The molecule has 0 saturated carbocycles. The van der Waals surface area contributed by atoms with Crippen LogP contribution in [0.4, 0.5) is 21.6 Å². The van der Waals surface area contributed by atoms with Crippen LogP contribution in [0.15, 0.2) is 42.6 Å². The number of para-hydroxylation sites is 1. The van der Waals surface area contributed by atoms with Crippen molar-refractivity contribution in [3.63, 3.8) is 0 Å². The molecule has 3 aromatic rings. The first-order valence-corrected chi connectivity index (χ1v) is 9.97. The van der Waals surface area contributed by atoms with Crippen LogP contribution in [0.1, 0.15) is 16.7 Å². The van der Waals surface area contributed by atoms with Crippen molar-refractivity contribution in [2.24, 2.45) is 0 Å². The molecule has 0 radical (unpaired) electrons. The molecule has 0 bridgehead atoms. The van der Waals surface area contributed by atoms with Crippen molar-refractivity contribution in [1.82, 2.24) is 4.98 Å². The van der Waals surface area contributed by atoms with Gasteiger partial charge in [-0.3, -0.25) is 10.1 Å². The normalized spacial score (nSPS) is 11.2. The van der Waals surface area contributed by atoms with E-state index in [1.807, 2.05) is 0 Å². The van der Waals surface area contributed by atoms with Gasteiger partial charge < -0.3 is 14.8 Å². The van der Waals surface area contributed by atoms with E-state index in [2.05, 4.69) is 10.3 Å². The van der Waals surface area contributed by atoms with Crippen LogP contribution in [0.2, 0.25) is 10.0 Å².